The number of halogens is 1. The second-order valence-electron chi connectivity index (χ2n) is 5.94. The van der Waals surface area contributed by atoms with E-state index < -0.39 is 0 Å². The molecule has 4 heteroatoms. The summed E-state index contributed by atoms with van der Waals surface area (Å²) in [6.45, 7) is 3.14. The van der Waals surface area contributed by atoms with Gasteiger partial charge in [0.2, 0.25) is 0 Å². The van der Waals surface area contributed by atoms with Gasteiger partial charge in [-0.1, -0.05) is 37.3 Å². The van der Waals surface area contributed by atoms with E-state index in [9.17, 15) is 0 Å². The molecule has 3 aromatic rings. The van der Waals surface area contributed by atoms with Crippen molar-refractivity contribution in [2.75, 3.05) is 11.9 Å². The molecule has 2 heterocycles. The third-order valence-corrected chi connectivity index (χ3v) is 4.50. The first-order valence-electron chi connectivity index (χ1n) is 8.07. The Kier molecular flexibility index (Phi) is 5.59. The van der Waals surface area contributed by atoms with E-state index >= 15 is 0 Å². The first-order valence-corrected chi connectivity index (χ1v) is 8.86. The summed E-state index contributed by atoms with van der Waals surface area (Å²) < 4.78 is 0.983. The Hall–Kier alpha value is -2.20. The van der Waals surface area contributed by atoms with Crippen LogP contribution in [0.2, 0.25) is 0 Å². The van der Waals surface area contributed by atoms with E-state index in [1.54, 1.807) is 12.4 Å². The van der Waals surface area contributed by atoms with Crippen LogP contribution in [-0.4, -0.2) is 16.5 Å². The highest BCUT2D eigenvalue weighted by atomic mass is 79.9. The summed E-state index contributed by atoms with van der Waals surface area (Å²) in [4.78, 5) is 8.80. The molecule has 3 rings (SSSR count). The van der Waals surface area contributed by atoms with E-state index in [2.05, 4.69) is 63.5 Å². The van der Waals surface area contributed by atoms with Gasteiger partial charge in [0.25, 0.3) is 0 Å². The van der Waals surface area contributed by atoms with E-state index in [1.807, 2.05) is 24.3 Å². The zero-order chi connectivity index (χ0) is 16.8. The first kappa shape index (κ1) is 16.7. The molecule has 0 spiro atoms. The van der Waals surface area contributed by atoms with Gasteiger partial charge in [-0.05, 0) is 58.1 Å². The molecule has 24 heavy (non-hydrogen) atoms. The summed E-state index contributed by atoms with van der Waals surface area (Å²) in [6, 6.07) is 18.6. The van der Waals surface area contributed by atoms with Gasteiger partial charge < -0.3 is 5.32 Å². The molecule has 0 unspecified atom stereocenters. The number of nitrogens with zero attached hydrogens (tertiary/aromatic N) is 2. The van der Waals surface area contributed by atoms with Crippen LogP contribution in [0.3, 0.4) is 0 Å². The maximum atomic E-state index is 4.74. The molecular formula is C20H20BrN3. The average molecular weight is 382 g/mol. The van der Waals surface area contributed by atoms with Gasteiger partial charge in [-0.3, -0.25) is 4.98 Å². The Morgan fingerprint density at radius 2 is 1.75 bits per heavy atom. The second kappa shape index (κ2) is 8.06. The third-order valence-electron chi connectivity index (χ3n) is 3.86. The van der Waals surface area contributed by atoms with Crippen molar-refractivity contribution in [3.63, 3.8) is 0 Å². The molecule has 0 radical (unpaired) electrons. The van der Waals surface area contributed by atoms with Crippen LogP contribution >= 0.6 is 15.9 Å². The van der Waals surface area contributed by atoms with Crippen molar-refractivity contribution >= 4 is 21.7 Å². The quantitative estimate of drug-likeness (QED) is 0.637. The van der Waals surface area contributed by atoms with Gasteiger partial charge in [-0.25, -0.2) is 4.98 Å². The van der Waals surface area contributed by atoms with E-state index in [4.69, 9.17) is 4.98 Å². The van der Waals surface area contributed by atoms with Crippen LogP contribution in [0.1, 0.15) is 12.5 Å². The molecule has 0 fully saturated rings. The minimum Gasteiger partial charge on any atom is -0.370 e. The topological polar surface area (TPSA) is 37.8 Å². The van der Waals surface area contributed by atoms with Crippen molar-refractivity contribution in [3.05, 3.63) is 77.0 Å². The van der Waals surface area contributed by atoms with Crippen molar-refractivity contribution < 1.29 is 0 Å². The Labute approximate surface area is 151 Å². The Morgan fingerprint density at radius 3 is 2.50 bits per heavy atom. The molecule has 2 aromatic heterocycles. The van der Waals surface area contributed by atoms with E-state index in [0.29, 0.717) is 5.92 Å². The van der Waals surface area contributed by atoms with E-state index in [1.165, 1.54) is 5.56 Å². The van der Waals surface area contributed by atoms with Crippen molar-refractivity contribution in [3.8, 4) is 11.3 Å². The van der Waals surface area contributed by atoms with Crippen LogP contribution in [0.5, 0.6) is 0 Å². The largest absolute Gasteiger partial charge is 0.370 e. The van der Waals surface area contributed by atoms with Crippen molar-refractivity contribution in [1.29, 1.82) is 0 Å². The molecule has 0 saturated heterocycles. The van der Waals surface area contributed by atoms with Crippen molar-refractivity contribution in [1.82, 2.24) is 9.97 Å². The monoisotopic (exact) mass is 381 g/mol. The number of pyridine rings is 2. The third kappa shape index (κ3) is 4.42. The lowest BCUT2D eigenvalue weighted by Gasteiger charge is -2.14. The highest BCUT2D eigenvalue weighted by molar-refractivity contribution is 9.10. The highest BCUT2D eigenvalue weighted by Gasteiger charge is 2.08. The average Bonchev–Trinajstić information content (AvgIpc) is 2.62. The summed E-state index contributed by atoms with van der Waals surface area (Å²) in [6.07, 6.45) is 4.62. The lowest BCUT2D eigenvalue weighted by Crippen LogP contribution is -2.14. The summed E-state index contributed by atoms with van der Waals surface area (Å²) >= 11 is 3.58. The first-order chi connectivity index (χ1) is 11.7. The van der Waals surface area contributed by atoms with Crippen LogP contribution in [0.25, 0.3) is 11.3 Å². The maximum Gasteiger partial charge on any atom is 0.126 e. The Morgan fingerprint density at radius 1 is 1.00 bits per heavy atom. The number of aromatic nitrogens is 2. The number of nitrogens with one attached hydrogen (secondary N) is 1. The van der Waals surface area contributed by atoms with Gasteiger partial charge >= 0.3 is 0 Å². The molecular weight excluding hydrogens is 362 g/mol. The lowest BCUT2D eigenvalue weighted by molar-refractivity contribution is 0.611. The van der Waals surface area contributed by atoms with Crippen LogP contribution in [-0.2, 0) is 6.42 Å². The molecule has 1 atom stereocenters. The van der Waals surface area contributed by atoms with Gasteiger partial charge in [0, 0.05) is 29.0 Å². The van der Waals surface area contributed by atoms with Gasteiger partial charge in [-0.15, -0.1) is 0 Å². The number of benzene rings is 1. The van der Waals surface area contributed by atoms with Crippen LogP contribution < -0.4 is 5.32 Å². The number of rotatable bonds is 6. The van der Waals surface area contributed by atoms with Gasteiger partial charge in [0.1, 0.15) is 5.82 Å². The fraction of sp³-hybridized carbons (Fsp3) is 0.200. The predicted octanol–water partition coefficient (Wildman–Crippen LogP) is 5.20. The van der Waals surface area contributed by atoms with Gasteiger partial charge in [0.15, 0.2) is 0 Å². The highest BCUT2D eigenvalue weighted by Crippen LogP contribution is 2.27. The molecule has 122 valence electrons. The normalized spacial score (nSPS) is 11.9. The smallest absolute Gasteiger partial charge is 0.126 e. The van der Waals surface area contributed by atoms with Crippen molar-refractivity contribution in [2.45, 2.75) is 13.3 Å². The van der Waals surface area contributed by atoms with Crippen LogP contribution in [0, 0.1) is 5.92 Å². The van der Waals surface area contributed by atoms with Gasteiger partial charge in [0.05, 0.1) is 5.69 Å². The zero-order valence-electron chi connectivity index (χ0n) is 13.6. The van der Waals surface area contributed by atoms with Crippen LogP contribution in [0.15, 0.2) is 71.5 Å². The van der Waals surface area contributed by atoms with Crippen LogP contribution in [0.4, 0.5) is 5.82 Å². The number of anilines is 1. The summed E-state index contributed by atoms with van der Waals surface area (Å²) in [5.74, 6) is 1.42. The van der Waals surface area contributed by atoms with Gasteiger partial charge in [-0.2, -0.15) is 0 Å². The fourth-order valence-corrected chi connectivity index (χ4v) is 3.07. The van der Waals surface area contributed by atoms with E-state index in [-0.39, 0.29) is 0 Å². The number of hydrogen-bond donors (Lipinski definition) is 1. The molecule has 0 aliphatic rings. The molecule has 0 saturated carbocycles. The molecule has 0 aliphatic heterocycles. The fourth-order valence-electron chi connectivity index (χ4n) is 2.62. The lowest BCUT2D eigenvalue weighted by atomic mass is 10.0. The second-order valence-corrected chi connectivity index (χ2v) is 6.79. The Balaban J connectivity index is 1.65. The minimum absolute atomic E-state index is 0.530. The zero-order valence-corrected chi connectivity index (χ0v) is 15.2. The standard InChI is InChI=1S/C20H20BrN3/c1-15(13-16-5-3-2-4-6-16)14-23-19-8-7-18(21)20(24-19)17-9-11-22-12-10-17/h2-12,15H,13-14H2,1H3,(H,23,24)/t15-/m0/s1. The maximum absolute atomic E-state index is 4.74. The molecule has 0 amide bonds. The minimum atomic E-state index is 0.530. The molecule has 1 aromatic carbocycles. The molecule has 0 bridgehead atoms. The summed E-state index contributed by atoms with van der Waals surface area (Å²) in [5.41, 5.74) is 3.35. The van der Waals surface area contributed by atoms with Crippen molar-refractivity contribution in [2.24, 2.45) is 5.92 Å². The summed E-state index contributed by atoms with van der Waals surface area (Å²) in [5, 5.41) is 3.45. The summed E-state index contributed by atoms with van der Waals surface area (Å²) in [7, 11) is 0. The SMILES string of the molecule is C[C@H](CNc1ccc(Br)c(-c2ccncc2)n1)Cc1ccccc1. The molecule has 0 aliphatic carbocycles. The predicted molar refractivity (Wildman–Crippen MR) is 103 cm³/mol. The number of hydrogen-bond acceptors (Lipinski definition) is 3. The Bertz CT molecular complexity index is 775. The molecule has 1 N–H and O–H groups in total. The molecule has 3 nitrogen and oxygen atoms in total. The van der Waals surface area contributed by atoms with E-state index in [0.717, 1.165) is 34.5 Å².